The summed E-state index contributed by atoms with van der Waals surface area (Å²) in [5.41, 5.74) is 0. The van der Waals surface area contributed by atoms with E-state index in [0.717, 1.165) is 135 Å². The number of hydrogen-bond donors (Lipinski definition) is 1. The summed E-state index contributed by atoms with van der Waals surface area (Å²) in [4.78, 5) is 35.8. The van der Waals surface area contributed by atoms with E-state index in [2.05, 4.69) is 160 Å². The van der Waals surface area contributed by atoms with Crippen molar-refractivity contribution in [3.05, 3.63) is 146 Å². The maximum atomic E-state index is 12.8. The number of rotatable bonds is 54. The number of quaternary nitrogens is 1. The van der Waals surface area contributed by atoms with Crippen LogP contribution in [0.3, 0.4) is 0 Å². The summed E-state index contributed by atoms with van der Waals surface area (Å²) in [5, 5.41) is 0. The van der Waals surface area contributed by atoms with Crippen LogP contribution in [-0.2, 0) is 32.7 Å². The molecule has 10 heteroatoms. The zero-order valence-corrected chi connectivity index (χ0v) is 51.0. The largest absolute Gasteiger partial charge is 0.472 e. The van der Waals surface area contributed by atoms with E-state index in [0.29, 0.717) is 17.4 Å². The molecule has 0 saturated heterocycles. The number of unbranched alkanes of at least 4 members (excludes halogenated alkanes) is 16. The molecule has 0 aromatic rings. The second-order valence-electron chi connectivity index (χ2n) is 21.0. The molecule has 0 rings (SSSR count). The van der Waals surface area contributed by atoms with Crippen molar-refractivity contribution in [2.75, 3.05) is 47.5 Å². The zero-order chi connectivity index (χ0) is 57.0. The third-order valence-corrected chi connectivity index (χ3v) is 13.3. The summed E-state index contributed by atoms with van der Waals surface area (Å²) in [7, 11) is 1.44. The topological polar surface area (TPSA) is 108 Å². The molecule has 0 aliphatic heterocycles. The van der Waals surface area contributed by atoms with Gasteiger partial charge in [-0.3, -0.25) is 18.6 Å². The molecule has 0 fully saturated rings. The molecular weight excluding hydrogens is 990 g/mol. The van der Waals surface area contributed by atoms with Gasteiger partial charge >= 0.3 is 19.8 Å². The molecule has 0 radical (unpaired) electrons. The second kappa shape index (κ2) is 57.6. The van der Waals surface area contributed by atoms with Gasteiger partial charge in [0.25, 0.3) is 0 Å². The average Bonchev–Trinajstić information content (AvgIpc) is 3.40. The van der Waals surface area contributed by atoms with Gasteiger partial charge in [-0.1, -0.05) is 237 Å². The number of allylic oxidation sites excluding steroid dienone is 24. The van der Waals surface area contributed by atoms with E-state index in [1.807, 2.05) is 21.1 Å². The monoisotopic (exact) mass is 1100 g/mol. The average molecular weight is 1100 g/mol. The molecule has 2 unspecified atom stereocenters. The molecule has 0 saturated carbocycles. The quantitative estimate of drug-likeness (QED) is 0.0211. The van der Waals surface area contributed by atoms with Gasteiger partial charge in [-0.15, -0.1) is 0 Å². The number of hydrogen-bond acceptors (Lipinski definition) is 7. The molecule has 0 aliphatic carbocycles. The number of esters is 2. The Morgan fingerprint density at radius 2 is 0.692 bits per heavy atom. The Bertz CT molecular complexity index is 1820. The molecule has 0 aliphatic rings. The summed E-state index contributed by atoms with van der Waals surface area (Å²) >= 11 is 0. The smallest absolute Gasteiger partial charge is 0.462 e. The second-order valence-corrected chi connectivity index (χ2v) is 22.4. The molecule has 78 heavy (non-hydrogen) atoms. The molecule has 0 heterocycles. The van der Waals surface area contributed by atoms with Crippen LogP contribution in [-0.4, -0.2) is 74.9 Å². The van der Waals surface area contributed by atoms with Crippen molar-refractivity contribution in [2.24, 2.45) is 0 Å². The molecule has 0 aromatic carbocycles. The number of phosphoric ester groups is 1. The Labute approximate surface area is 478 Å². The molecule has 2 atom stereocenters. The minimum absolute atomic E-state index is 0.0201. The van der Waals surface area contributed by atoms with Gasteiger partial charge in [0.15, 0.2) is 6.10 Å². The van der Waals surface area contributed by atoms with Crippen LogP contribution in [0.15, 0.2) is 146 Å². The molecule has 0 spiro atoms. The van der Waals surface area contributed by atoms with E-state index in [9.17, 15) is 19.0 Å². The Hall–Kier alpha value is -4.11. The van der Waals surface area contributed by atoms with Gasteiger partial charge in [-0.05, 0) is 116 Å². The van der Waals surface area contributed by atoms with E-state index in [4.69, 9.17) is 18.5 Å². The van der Waals surface area contributed by atoms with Crippen LogP contribution in [0.4, 0.5) is 0 Å². The first-order valence-electron chi connectivity index (χ1n) is 30.6. The molecular formula is C68H113NO8P+. The number of carbonyl (C=O) groups is 2. The summed E-state index contributed by atoms with van der Waals surface area (Å²) in [5.74, 6) is -0.827. The number of likely N-dealkylation sites (N-methyl/N-ethyl adjacent to an activating group) is 1. The Morgan fingerprint density at radius 1 is 0.397 bits per heavy atom. The fourth-order valence-corrected chi connectivity index (χ4v) is 8.47. The first-order valence-corrected chi connectivity index (χ1v) is 32.1. The third-order valence-electron chi connectivity index (χ3n) is 12.4. The van der Waals surface area contributed by atoms with E-state index in [-0.39, 0.29) is 32.0 Å². The van der Waals surface area contributed by atoms with E-state index in [1.54, 1.807) is 0 Å². The van der Waals surface area contributed by atoms with E-state index in [1.165, 1.54) is 51.4 Å². The predicted octanol–water partition coefficient (Wildman–Crippen LogP) is 19.5. The number of nitrogens with zero attached hydrogens (tertiary/aromatic N) is 1. The Kier molecular flexibility index (Phi) is 54.5. The first-order chi connectivity index (χ1) is 38.0. The lowest BCUT2D eigenvalue weighted by Crippen LogP contribution is -2.37. The Morgan fingerprint density at radius 3 is 1.03 bits per heavy atom. The van der Waals surface area contributed by atoms with Crippen molar-refractivity contribution in [3.63, 3.8) is 0 Å². The fourth-order valence-electron chi connectivity index (χ4n) is 7.73. The highest BCUT2D eigenvalue weighted by molar-refractivity contribution is 7.47. The van der Waals surface area contributed by atoms with Crippen LogP contribution in [0.1, 0.15) is 219 Å². The lowest BCUT2D eigenvalue weighted by Gasteiger charge is -2.24. The number of phosphoric acid groups is 1. The van der Waals surface area contributed by atoms with E-state index >= 15 is 0 Å². The minimum Gasteiger partial charge on any atom is -0.462 e. The molecule has 0 amide bonds. The highest BCUT2D eigenvalue weighted by atomic mass is 31.2. The lowest BCUT2D eigenvalue weighted by atomic mass is 10.1. The maximum absolute atomic E-state index is 12.8. The third kappa shape index (κ3) is 61.1. The minimum atomic E-state index is -4.40. The van der Waals surface area contributed by atoms with Gasteiger partial charge in [0.1, 0.15) is 19.8 Å². The summed E-state index contributed by atoms with van der Waals surface area (Å²) < 4.78 is 34.6. The maximum Gasteiger partial charge on any atom is 0.472 e. The van der Waals surface area contributed by atoms with Gasteiger partial charge in [-0.25, -0.2) is 4.57 Å². The van der Waals surface area contributed by atoms with Gasteiger partial charge < -0.3 is 18.9 Å². The highest BCUT2D eigenvalue weighted by Gasteiger charge is 2.27. The predicted molar refractivity (Wildman–Crippen MR) is 334 cm³/mol. The summed E-state index contributed by atoms with van der Waals surface area (Å²) in [6.45, 7) is 4.17. The van der Waals surface area contributed by atoms with Crippen molar-refractivity contribution < 1.29 is 42.1 Å². The van der Waals surface area contributed by atoms with Crippen molar-refractivity contribution in [3.8, 4) is 0 Å². The summed E-state index contributed by atoms with van der Waals surface area (Å²) in [6.07, 6.45) is 84.8. The van der Waals surface area contributed by atoms with Gasteiger partial charge in [0, 0.05) is 12.8 Å². The number of carbonyl (C=O) groups excluding carboxylic acids is 2. The van der Waals surface area contributed by atoms with Gasteiger partial charge in [-0.2, -0.15) is 0 Å². The van der Waals surface area contributed by atoms with Crippen molar-refractivity contribution >= 4 is 19.8 Å². The fraction of sp³-hybridized carbons (Fsp3) is 0.618. The highest BCUT2D eigenvalue weighted by Crippen LogP contribution is 2.43. The normalized spacial score (nSPS) is 14.3. The molecule has 442 valence electrons. The zero-order valence-electron chi connectivity index (χ0n) is 50.1. The molecule has 0 bridgehead atoms. The van der Waals surface area contributed by atoms with Crippen LogP contribution < -0.4 is 0 Å². The van der Waals surface area contributed by atoms with Crippen molar-refractivity contribution in [1.29, 1.82) is 0 Å². The summed E-state index contributed by atoms with van der Waals surface area (Å²) in [6, 6.07) is 0. The molecule has 1 N–H and O–H groups in total. The van der Waals surface area contributed by atoms with Crippen LogP contribution >= 0.6 is 7.82 Å². The van der Waals surface area contributed by atoms with Crippen LogP contribution in [0.5, 0.6) is 0 Å². The lowest BCUT2D eigenvalue weighted by molar-refractivity contribution is -0.870. The van der Waals surface area contributed by atoms with Crippen molar-refractivity contribution in [2.45, 2.75) is 225 Å². The van der Waals surface area contributed by atoms with E-state index < -0.39 is 26.5 Å². The molecule has 9 nitrogen and oxygen atoms in total. The molecule has 0 aromatic heterocycles. The van der Waals surface area contributed by atoms with Crippen LogP contribution in [0.25, 0.3) is 0 Å². The SMILES string of the molecule is CC/C=C\C/C=C\C/C=C\C/C=C\C/C=C\C/C=C\C/C=C\CCCCCCCCCCCC(=O)OC(COC(=O)CCCCCCCCC/C=C\C/C=C\C/C=C\C/C=C\C/C=C\CC)COP(=O)(O)OCC[N+](C)(C)C. The van der Waals surface area contributed by atoms with Crippen molar-refractivity contribution in [1.82, 2.24) is 0 Å². The Balaban J connectivity index is 4.22. The van der Waals surface area contributed by atoms with Crippen LogP contribution in [0.2, 0.25) is 0 Å². The number of ether oxygens (including phenoxy) is 2. The van der Waals surface area contributed by atoms with Crippen LogP contribution in [0, 0.1) is 0 Å². The first kappa shape index (κ1) is 73.9. The van der Waals surface area contributed by atoms with Gasteiger partial charge in [0.05, 0.1) is 27.7 Å². The van der Waals surface area contributed by atoms with Gasteiger partial charge in [0.2, 0.25) is 0 Å². The standard InChI is InChI=1S/C68H112NO8P/c1-6-8-10-12-14-16-18-20-22-24-26-28-30-31-32-33-34-35-36-37-39-41-43-45-47-49-51-53-55-57-59-61-68(71)77-66(65-76-78(72,73)75-63-62-69(3,4)5)64-74-67(70)60-58-56-54-52-50-48-46-44-42-40-38-29-27-25-23-21-19-17-15-13-11-9-7-2/h8-11,14-17,20-23,26-29,31-32,34-35,37,39-40,42,66H,6-7,12-13,18-19,24-25,30,33,36,38,41,43-65H2,1-5H3/p+1/b10-8-,11-9-,16-14-,17-15-,22-20-,23-21-,28-26-,29-27-,32-31-,35-34-,39-37-,42-40-.